The largest absolute Gasteiger partial charge is 0.366 e. The standard InChI is InChI=1S/C11H14ClN5/c1-6-4-7-9-8(14-17(3)15-9)5-16(2)10(7)11(12)13-6/h4,9,15H,5H2,1-3H3. The van der Waals surface area contributed by atoms with Crippen LogP contribution in [0.2, 0.25) is 5.15 Å². The Morgan fingerprint density at radius 2 is 2.24 bits per heavy atom. The smallest absolute Gasteiger partial charge is 0.152 e. The Bertz CT molecular complexity index is 513. The lowest BCUT2D eigenvalue weighted by atomic mass is 9.96. The van der Waals surface area contributed by atoms with E-state index >= 15 is 0 Å². The molecule has 5 nitrogen and oxygen atoms in total. The number of aromatic nitrogens is 1. The van der Waals surface area contributed by atoms with Crippen molar-refractivity contribution in [2.24, 2.45) is 5.10 Å². The van der Waals surface area contributed by atoms with E-state index < -0.39 is 0 Å². The quantitative estimate of drug-likeness (QED) is 0.707. The molecule has 0 fully saturated rings. The number of nitrogens with zero attached hydrogens (tertiary/aromatic N) is 4. The number of fused-ring (bicyclic) bond motifs is 3. The van der Waals surface area contributed by atoms with Gasteiger partial charge in [0, 0.05) is 25.4 Å². The summed E-state index contributed by atoms with van der Waals surface area (Å²) in [6, 6.07) is 2.20. The maximum Gasteiger partial charge on any atom is 0.152 e. The summed E-state index contributed by atoms with van der Waals surface area (Å²) in [6.45, 7) is 2.73. The van der Waals surface area contributed by atoms with Crippen LogP contribution in [0, 0.1) is 6.92 Å². The third kappa shape index (κ3) is 1.57. The van der Waals surface area contributed by atoms with E-state index in [1.807, 2.05) is 21.0 Å². The number of aryl methyl sites for hydroxylation is 1. The van der Waals surface area contributed by atoms with Gasteiger partial charge in [-0.1, -0.05) is 11.6 Å². The number of hydrogen-bond donors (Lipinski definition) is 1. The second-order valence-corrected chi connectivity index (χ2v) is 4.88. The molecule has 1 N–H and O–H groups in total. The molecule has 2 aliphatic heterocycles. The van der Waals surface area contributed by atoms with Crippen molar-refractivity contribution in [3.05, 3.63) is 22.5 Å². The number of hydrazone groups is 1. The van der Waals surface area contributed by atoms with E-state index in [2.05, 4.69) is 26.5 Å². The zero-order valence-corrected chi connectivity index (χ0v) is 10.8. The molecule has 2 aliphatic rings. The Hall–Kier alpha value is -1.33. The van der Waals surface area contributed by atoms with Gasteiger partial charge < -0.3 is 4.90 Å². The topological polar surface area (TPSA) is 43.8 Å². The number of hydrogen-bond acceptors (Lipinski definition) is 5. The van der Waals surface area contributed by atoms with Gasteiger partial charge in [0.05, 0.1) is 24.0 Å². The van der Waals surface area contributed by atoms with Crippen molar-refractivity contribution in [1.29, 1.82) is 0 Å². The summed E-state index contributed by atoms with van der Waals surface area (Å²) in [5, 5.41) is 6.78. The van der Waals surface area contributed by atoms with Gasteiger partial charge in [0.2, 0.25) is 0 Å². The molecule has 90 valence electrons. The van der Waals surface area contributed by atoms with Crippen LogP contribution in [0.5, 0.6) is 0 Å². The van der Waals surface area contributed by atoms with Crippen molar-refractivity contribution >= 4 is 23.0 Å². The van der Waals surface area contributed by atoms with Gasteiger partial charge >= 0.3 is 0 Å². The molecule has 0 saturated carbocycles. The highest BCUT2D eigenvalue weighted by Crippen LogP contribution is 2.38. The Morgan fingerprint density at radius 3 is 3.00 bits per heavy atom. The van der Waals surface area contributed by atoms with Crippen LogP contribution in [-0.4, -0.2) is 36.5 Å². The van der Waals surface area contributed by atoms with Crippen LogP contribution in [0.1, 0.15) is 17.3 Å². The first-order valence-electron chi connectivity index (χ1n) is 5.51. The van der Waals surface area contributed by atoms with Crippen molar-refractivity contribution in [2.75, 3.05) is 25.5 Å². The van der Waals surface area contributed by atoms with E-state index in [4.69, 9.17) is 11.6 Å². The summed E-state index contributed by atoms with van der Waals surface area (Å²) in [5.41, 5.74) is 7.50. The van der Waals surface area contributed by atoms with Crippen molar-refractivity contribution < 1.29 is 0 Å². The van der Waals surface area contributed by atoms with Crippen molar-refractivity contribution in [2.45, 2.75) is 13.0 Å². The molecule has 1 atom stereocenters. The van der Waals surface area contributed by atoms with Crippen LogP contribution in [0.25, 0.3) is 0 Å². The van der Waals surface area contributed by atoms with Crippen LogP contribution >= 0.6 is 11.6 Å². The number of nitrogens with one attached hydrogen (secondary N) is 1. The Balaban J connectivity index is 2.18. The van der Waals surface area contributed by atoms with Crippen LogP contribution in [0.3, 0.4) is 0 Å². The van der Waals surface area contributed by atoms with E-state index in [-0.39, 0.29) is 6.04 Å². The van der Waals surface area contributed by atoms with Gasteiger partial charge in [-0.3, -0.25) is 0 Å². The molecule has 0 saturated heterocycles. The molecule has 1 aromatic heterocycles. The predicted molar refractivity (Wildman–Crippen MR) is 68.3 cm³/mol. The number of pyridine rings is 1. The molecule has 1 unspecified atom stereocenters. The lowest BCUT2D eigenvalue weighted by molar-refractivity contribution is 0.263. The normalized spacial score (nSPS) is 22.4. The molecule has 0 aliphatic carbocycles. The molecular weight excluding hydrogens is 238 g/mol. The highest BCUT2D eigenvalue weighted by molar-refractivity contribution is 6.32. The summed E-state index contributed by atoms with van der Waals surface area (Å²) in [5.74, 6) is 0. The van der Waals surface area contributed by atoms with Crippen LogP contribution in [-0.2, 0) is 0 Å². The zero-order valence-electron chi connectivity index (χ0n) is 10.0. The summed E-state index contributed by atoms with van der Waals surface area (Å²) in [6.07, 6.45) is 0. The van der Waals surface area contributed by atoms with Crippen molar-refractivity contribution in [3.63, 3.8) is 0 Å². The minimum atomic E-state index is 0.130. The summed E-state index contributed by atoms with van der Waals surface area (Å²) in [4.78, 5) is 6.41. The highest BCUT2D eigenvalue weighted by atomic mass is 35.5. The van der Waals surface area contributed by atoms with Crippen LogP contribution < -0.4 is 10.3 Å². The lowest BCUT2D eigenvalue weighted by Crippen LogP contribution is -2.39. The second kappa shape index (κ2) is 3.58. The van der Waals surface area contributed by atoms with Gasteiger partial charge in [-0.05, 0) is 13.0 Å². The number of anilines is 1. The third-order valence-corrected chi connectivity index (χ3v) is 3.39. The highest BCUT2D eigenvalue weighted by Gasteiger charge is 2.35. The molecular formula is C11H14ClN5. The van der Waals surface area contributed by atoms with Gasteiger partial charge in [-0.2, -0.15) is 5.10 Å². The molecule has 0 spiro atoms. The first kappa shape index (κ1) is 10.8. The Labute approximate surface area is 105 Å². The SMILES string of the molecule is Cc1cc2c(c(Cl)n1)N(C)CC1=NN(C)NC12. The Morgan fingerprint density at radius 1 is 1.47 bits per heavy atom. The molecule has 6 heteroatoms. The van der Waals surface area contributed by atoms with E-state index in [0.29, 0.717) is 5.15 Å². The molecule has 3 heterocycles. The zero-order chi connectivity index (χ0) is 12.2. The fraction of sp³-hybridized carbons (Fsp3) is 0.455. The molecule has 0 aromatic carbocycles. The first-order valence-corrected chi connectivity index (χ1v) is 5.89. The van der Waals surface area contributed by atoms with Crippen LogP contribution in [0.4, 0.5) is 5.69 Å². The average molecular weight is 252 g/mol. The molecule has 1 aromatic rings. The maximum absolute atomic E-state index is 6.24. The number of rotatable bonds is 0. The molecule has 0 amide bonds. The monoisotopic (exact) mass is 251 g/mol. The predicted octanol–water partition coefficient (Wildman–Crippen LogP) is 1.34. The summed E-state index contributed by atoms with van der Waals surface area (Å²) >= 11 is 6.24. The fourth-order valence-corrected chi connectivity index (χ4v) is 2.87. The Kier molecular flexibility index (Phi) is 2.27. The van der Waals surface area contributed by atoms with Gasteiger partial charge in [0.25, 0.3) is 0 Å². The third-order valence-electron chi connectivity index (χ3n) is 3.13. The summed E-state index contributed by atoms with van der Waals surface area (Å²) in [7, 11) is 3.92. The van der Waals surface area contributed by atoms with Crippen LogP contribution in [0.15, 0.2) is 11.2 Å². The first-order chi connectivity index (χ1) is 8.06. The second-order valence-electron chi connectivity index (χ2n) is 4.53. The molecule has 0 radical (unpaired) electrons. The van der Waals surface area contributed by atoms with E-state index in [1.165, 1.54) is 0 Å². The van der Waals surface area contributed by atoms with Gasteiger partial charge in [-0.25, -0.2) is 15.5 Å². The minimum Gasteiger partial charge on any atom is -0.366 e. The molecule has 3 rings (SSSR count). The van der Waals surface area contributed by atoms with Gasteiger partial charge in [-0.15, -0.1) is 0 Å². The average Bonchev–Trinajstić information content (AvgIpc) is 2.57. The summed E-state index contributed by atoms with van der Waals surface area (Å²) < 4.78 is 0. The lowest BCUT2D eigenvalue weighted by Gasteiger charge is -2.31. The van der Waals surface area contributed by atoms with E-state index in [1.54, 1.807) is 5.12 Å². The minimum absolute atomic E-state index is 0.130. The van der Waals surface area contributed by atoms with Gasteiger partial charge in [0.1, 0.15) is 0 Å². The van der Waals surface area contributed by atoms with E-state index in [0.717, 1.165) is 29.2 Å². The fourth-order valence-electron chi connectivity index (χ4n) is 2.49. The maximum atomic E-state index is 6.24. The van der Waals surface area contributed by atoms with Gasteiger partial charge in [0.15, 0.2) is 5.15 Å². The number of hydrazine groups is 1. The number of halogens is 1. The van der Waals surface area contributed by atoms with Crippen molar-refractivity contribution in [3.8, 4) is 0 Å². The molecule has 0 bridgehead atoms. The van der Waals surface area contributed by atoms with E-state index in [9.17, 15) is 0 Å². The molecule has 17 heavy (non-hydrogen) atoms. The van der Waals surface area contributed by atoms with Crippen molar-refractivity contribution in [1.82, 2.24) is 15.5 Å².